The van der Waals surface area contributed by atoms with Crippen LogP contribution in [0.4, 0.5) is 10.2 Å². The maximum absolute atomic E-state index is 13.3. The van der Waals surface area contributed by atoms with Crippen LogP contribution in [0, 0.1) is 5.82 Å². The van der Waals surface area contributed by atoms with Gasteiger partial charge in [-0.2, -0.15) is 0 Å². The number of halogens is 1. The Labute approximate surface area is 133 Å². The van der Waals surface area contributed by atoms with Crippen molar-refractivity contribution in [3.8, 4) is 0 Å². The van der Waals surface area contributed by atoms with Gasteiger partial charge in [0, 0.05) is 45.1 Å². The van der Waals surface area contributed by atoms with Gasteiger partial charge in [-0.25, -0.2) is 9.37 Å². The van der Waals surface area contributed by atoms with Gasteiger partial charge in [-0.05, 0) is 17.7 Å². The lowest BCUT2D eigenvalue weighted by Crippen LogP contribution is -2.46. The van der Waals surface area contributed by atoms with E-state index in [0.29, 0.717) is 0 Å². The summed E-state index contributed by atoms with van der Waals surface area (Å²) in [5.74, 6) is 0.694. The quantitative estimate of drug-likeness (QED) is 0.735. The lowest BCUT2D eigenvalue weighted by Gasteiger charge is -2.35. The van der Waals surface area contributed by atoms with E-state index in [1.54, 1.807) is 24.7 Å². The normalized spacial score (nSPS) is 16.1. The summed E-state index contributed by atoms with van der Waals surface area (Å²) >= 11 is 0. The van der Waals surface area contributed by atoms with Crippen molar-refractivity contribution in [1.29, 1.82) is 0 Å². The fourth-order valence-corrected chi connectivity index (χ4v) is 2.98. The number of hydrogen-bond donors (Lipinski definition) is 0. The van der Waals surface area contributed by atoms with Crippen LogP contribution in [0.2, 0.25) is 0 Å². The number of hydrogen-bond acceptors (Lipinski definition) is 5. The van der Waals surface area contributed by atoms with Crippen molar-refractivity contribution in [2.24, 2.45) is 0 Å². The molecule has 6 nitrogen and oxygen atoms in total. The van der Waals surface area contributed by atoms with Crippen LogP contribution in [-0.2, 0) is 6.54 Å². The Kier molecular flexibility index (Phi) is 3.63. The minimum atomic E-state index is -0.177. The highest BCUT2D eigenvalue weighted by molar-refractivity contribution is 5.63. The van der Waals surface area contributed by atoms with Crippen molar-refractivity contribution in [2.45, 2.75) is 6.54 Å². The Balaban J connectivity index is 1.44. The van der Waals surface area contributed by atoms with Crippen molar-refractivity contribution in [3.05, 3.63) is 54.4 Å². The highest BCUT2D eigenvalue weighted by Crippen LogP contribution is 2.18. The van der Waals surface area contributed by atoms with E-state index in [0.717, 1.165) is 49.8 Å². The molecule has 2 aromatic heterocycles. The average molecular weight is 312 g/mol. The lowest BCUT2D eigenvalue weighted by molar-refractivity contribution is 0.249. The molecule has 0 spiro atoms. The molecular weight excluding hydrogens is 295 g/mol. The second-order valence-corrected chi connectivity index (χ2v) is 5.71. The van der Waals surface area contributed by atoms with Gasteiger partial charge in [0.05, 0.1) is 0 Å². The van der Waals surface area contributed by atoms with Crippen molar-refractivity contribution >= 4 is 11.5 Å². The molecular formula is C16H17FN6. The van der Waals surface area contributed by atoms with Crippen LogP contribution >= 0.6 is 0 Å². The largest absolute Gasteiger partial charge is 0.351 e. The predicted molar refractivity (Wildman–Crippen MR) is 84.7 cm³/mol. The van der Waals surface area contributed by atoms with Gasteiger partial charge in [-0.3, -0.25) is 9.30 Å². The van der Waals surface area contributed by atoms with E-state index in [1.807, 2.05) is 16.7 Å². The summed E-state index contributed by atoms with van der Waals surface area (Å²) in [6.07, 6.45) is 5.30. The smallest absolute Gasteiger partial charge is 0.203 e. The van der Waals surface area contributed by atoms with Crippen molar-refractivity contribution < 1.29 is 4.39 Å². The molecule has 0 atom stereocenters. The summed E-state index contributed by atoms with van der Waals surface area (Å²) in [4.78, 5) is 9.01. The first kappa shape index (κ1) is 14.1. The fourth-order valence-electron chi connectivity index (χ4n) is 2.98. The first-order chi connectivity index (χ1) is 11.3. The van der Waals surface area contributed by atoms with Crippen LogP contribution in [0.3, 0.4) is 0 Å². The molecule has 4 rings (SSSR count). The number of benzene rings is 1. The standard InChI is InChI=1S/C16H17FN6/c17-14-3-1-2-13(10-14)11-21-6-8-22(9-7-21)15-16-20-19-12-23(16)5-4-18-15/h1-5,10,12H,6-9,11H2. The number of anilines is 1. The van der Waals surface area contributed by atoms with Crippen molar-refractivity contribution in [2.75, 3.05) is 31.1 Å². The van der Waals surface area contributed by atoms with Crippen LogP contribution in [0.1, 0.15) is 5.56 Å². The molecule has 0 N–H and O–H groups in total. The molecule has 0 bridgehead atoms. The SMILES string of the molecule is Fc1cccc(CN2CCN(c3nccn4cnnc34)CC2)c1. The minimum absolute atomic E-state index is 0.177. The third-order valence-electron chi connectivity index (χ3n) is 4.16. The highest BCUT2D eigenvalue weighted by atomic mass is 19.1. The zero-order chi connectivity index (χ0) is 15.6. The van der Waals surface area contributed by atoms with Crippen LogP contribution in [0.15, 0.2) is 43.0 Å². The van der Waals surface area contributed by atoms with E-state index in [1.165, 1.54) is 6.07 Å². The predicted octanol–water partition coefficient (Wildman–Crippen LogP) is 1.59. The zero-order valence-electron chi connectivity index (χ0n) is 12.6. The Morgan fingerprint density at radius 3 is 2.83 bits per heavy atom. The van der Waals surface area contributed by atoms with E-state index in [2.05, 4.69) is 25.0 Å². The van der Waals surface area contributed by atoms with Gasteiger partial charge >= 0.3 is 0 Å². The van der Waals surface area contributed by atoms with Crippen molar-refractivity contribution in [3.63, 3.8) is 0 Å². The Hall–Kier alpha value is -2.54. The molecule has 1 fully saturated rings. The molecule has 0 radical (unpaired) electrons. The molecule has 7 heteroatoms. The summed E-state index contributed by atoms with van der Waals surface area (Å²) in [5.41, 5.74) is 1.79. The summed E-state index contributed by atoms with van der Waals surface area (Å²) in [6.45, 7) is 4.33. The monoisotopic (exact) mass is 312 g/mol. The molecule has 1 aromatic carbocycles. The van der Waals surface area contributed by atoms with E-state index in [-0.39, 0.29) is 5.82 Å². The van der Waals surface area contributed by atoms with Crippen LogP contribution in [0.25, 0.3) is 5.65 Å². The van der Waals surface area contributed by atoms with Gasteiger partial charge < -0.3 is 4.90 Å². The van der Waals surface area contributed by atoms with Crippen molar-refractivity contribution in [1.82, 2.24) is 24.5 Å². The van der Waals surface area contributed by atoms with E-state index in [4.69, 9.17) is 0 Å². The average Bonchev–Trinajstić information content (AvgIpc) is 3.04. The molecule has 1 aliphatic rings. The second-order valence-electron chi connectivity index (χ2n) is 5.71. The maximum atomic E-state index is 13.3. The molecule has 3 heterocycles. The summed E-state index contributed by atoms with van der Waals surface area (Å²) in [7, 11) is 0. The first-order valence-electron chi connectivity index (χ1n) is 7.66. The van der Waals surface area contributed by atoms with Gasteiger partial charge in [0.1, 0.15) is 12.1 Å². The lowest BCUT2D eigenvalue weighted by atomic mass is 10.2. The third kappa shape index (κ3) is 2.87. The summed E-state index contributed by atoms with van der Waals surface area (Å²) in [6, 6.07) is 6.81. The van der Waals surface area contributed by atoms with Gasteiger partial charge in [0.15, 0.2) is 5.82 Å². The van der Waals surface area contributed by atoms with Gasteiger partial charge in [0.25, 0.3) is 0 Å². The van der Waals surface area contributed by atoms with Crippen LogP contribution in [0.5, 0.6) is 0 Å². The highest BCUT2D eigenvalue weighted by Gasteiger charge is 2.20. The number of aromatic nitrogens is 4. The number of piperazine rings is 1. The zero-order valence-corrected chi connectivity index (χ0v) is 12.6. The Morgan fingerprint density at radius 2 is 2.00 bits per heavy atom. The molecule has 0 amide bonds. The van der Waals surface area contributed by atoms with Gasteiger partial charge in [0.2, 0.25) is 5.65 Å². The molecule has 0 unspecified atom stereocenters. The number of fused-ring (bicyclic) bond motifs is 1. The number of rotatable bonds is 3. The molecule has 1 saturated heterocycles. The van der Waals surface area contributed by atoms with E-state index in [9.17, 15) is 4.39 Å². The fraction of sp³-hybridized carbons (Fsp3) is 0.312. The van der Waals surface area contributed by atoms with E-state index >= 15 is 0 Å². The molecule has 3 aromatic rings. The molecule has 0 saturated carbocycles. The first-order valence-corrected chi connectivity index (χ1v) is 7.66. The van der Waals surface area contributed by atoms with Crippen LogP contribution < -0.4 is 4.90 Å². The Morgan fingerprint density at radius 1 is 1.13 bits per heavy atom. The third-order valence-corrected chi connectivity index (χ3v) is 4.16. The van der Waals surface area contributed by atoms with Gasteiger partial charge in [-0.15, -0.1) is 10.2 Å². The maximum Gasteiger partial charge on any atom is 0.203 e. The van der Waals surface area contributed by atoms with E-state index < -0.39 is 0 Å². The summed E-state index contributed by atoms with van der Waals surface area (Å²) in [5, 5.41) is 8.08. The molecule has 1 aliphatic heterocycles. The minimum Gasteiger partial charge on any atom is -0.351 e. The second kappa shape index (κ2) is 5.92. The summed E-state index contributed by atoms with van der Waals surface area (Å²) < 4.78 is 15.1. The topological polar surface area (TPSA) is 49.6 Å². The number of nitrogens with zero attached hydrogens (tertiary/aromatic N) is 6. The van der Waals surface area contributed by atoms with Gasteiger partial charge in [-0.1, -0.05) is 12.1 Å². The van der Waals surface area contributed by atoms with Crippen LogP contribution in [-0.4, -0.2) is 50.7 Å². The Bertz CT molecular complexity index is 809. The molecule has 118 valence electrons. The molecule has 0 aliphatic carbocycles. The molecule has 23 heavy (non-hydrogen) atoms.